The molecule has 1 aromatic heterocycles. The smallest absolute Gasteiger partial charge is 0.264 e. The van der Waals surface area contributed by atoms with E-state index in [0.29, 0.717) is 0 Å². The first kappa shape index (κ1) is 14.9. The van der Waals surface area contributed by atoms with E-state index in [1.165, 1.54) is 0 Å². The number of hydrogen-bond acceptors (Lipinski definition) is 5. The molecule has 0 amide bonds. The molecule has 108 valence electrons. The molecule has 0 radical (unpaired) electrons. The zero-order valence-corrected chi connectivity index (χ0v) is 12.2. The van der Waals surface area contributed by atoms with E-state index in [1.807, 2.05) is 30.3 Å². The molecule has 1 aromatic carbocycles. The molecule has 0 aliphatic heterocycles. The SMILES string of the molecule is O=c1[nH]c(=S)[nH]c(O)c1/C=N/NC(=S)Nc1ccccc1. The Morgan fingerprint density at radius 3 is 2.67 bits per heavy atom. The van der Waals surface area contributed by atoms with E-state index >= 15 is 0 Å². The number of hydrazone groups is 1. The van der Waals surface area contributed by atoms with Crippen molar-refractivity contribution in [3.05, 3.63) is 51.0 Å². The third kappa shape index (κ3) is 4.23. The highest BCUT2D eigenvalue weighted by atomic mass is 32.1. The van der Waals surface area contributed by atoms with E-state index in [9.17, 15) is 9.90 Å². The lowest BCUT2D eigenvalue weighted by atomic mass is 10.3. The lowest BCUT2D eigenvalue weighted by Gasteiger charge is -2.06. The fraction of sp³-hybridized carbons (Fsp3) is 0. The molecular weight excluding hydrogens is 310 g/mol. The van der Waals surface area contributed by atoms with Crippen molar-refractivity contribution >= 4 is 41.5 Å². The van der Waals surface area contributed by atoms with Gasteiger partial charge in [0.15, 0.2) is 9.88 Å². The van der Waals surface area contributed by atoms with Gasteiger partial charge in [0.1, 0.15) is 5.56 Å². The predicted molar refractivity (Wildman–Crippen MR) is 87.3 cm³/mol. The van der Waals surface area contributed by atoms with Gasteiger partial charge in [0.05, 0.1) is 6.21 Å². The molecule has 0 unspecified atom stereocenters. The van der Waals surface area contributed by atoms with Gasteiger partial charge in [0, 0.05) is 5.69 Å². The third-order valence-corrected chi connectivity index (χ3v) is 2.75. The zero-order chi connectivity index (χ0) is 15.2. The Morgan fingerprint density at radius 2 is 2.00 bits per heavy atom. The molecule has 7 nitrogen and oxygen atoms in total. The first-order valence-corrected chi connectivity index (χ1v) is 6.58. The molecule has 1 heterocycles. The molecule has 2 aromatic rings. The number of aromatic amines is 2. The van der Waals surface area contributed by atoms with Gasteiger partial charge in [-0.25, -0.2) is 0 Å². The standard InChI is InChI=1S/C12H11N5O2S2/c18-9-8(10(19)16-11(20)15-9)6-13-17-12(21)14-7-4-2-1-3-5-7/h1-6H,(H2,14,17,21)(H3,15,16,18,19,20)/b13-6+. The van der Waals surface area contributed by atoms with Crippen molar-refractivity contribution in [1.29, 1.82) is 0 Å². The summed E-state index contributed by atoms with van der Waals surface area (Å²) in [7, 11) is 0. The van der Waals surface area contributed by atoms with Crippen LogP contribution in [0.15, 0.2) is 40.2 Å². The average molecular weight is 321 g/mol. The maximum atomic E-state index is 11.6. The van der Waals surface area contributed by atoms with Gasteiger partial charge in [-0.1, -0.05) is 18.2 Å². The molecule has 2 rings (SSSR count). The summed E-state index contributed by atoms with van der Waals surface area (Å²) in [6, 6.07) is 9.28. The second-order valence-electron chi connectivity index (χ2n) is 3.86. The number of aromatic hydroxyl groups is 1. The third-order valence-electron chi connectivity index (χ3n) is 2.35. The van der Waals surface area contributed by atoms with Gasteiger partial charge in [-0.05, 0) is 36.6 Å². The van der Waals surface area contributed by atoms with Gasteiger partial charge in [0.25, 0.3) is 5.56 Å². The minimum atomic E-state index is -0.552. The summed E-state index contributed by atoms with van der Waals surface area (Å²) < 4.78 is 0.0314. The van der Waals surface area contributed by atoms with Crippen LogP contribution in [0.25, 0.3) is 0 Å². The number of nitrogens with one attached hydrogen (secondary N) is 4. The van der Waals surface area contributed by atoms with Crippen LogP contribution in [-0.2, 0) is 0 Å². The Balaban J connectivity index is 2.01. The summed E-state index contributed by atoms with van der Waals surface area (Å²) in [5.41, 5.74) is 2.73. The van der Waals surface area contributed by atoms with Crippen LogP contribution >= 0.6 is 24.4 Å². The normalized spacial score (nSPS) is 10.5. The second kappa shape index (κ2) is 6.77. The summed E-state index contributed by atoms with van der Waals surface area (Å²) >= 11 is 9.74. The van der Waals surface area contributed by atoms with Crippen molar-refractivity contribution in [3.63, 3.8) is 0 Å². The Kier molecular flexibility index (Phi) is 4.80. The molecule has 21 heavy (non-hydrogen) atoms. The summed E-state index contributed by atoms with van der Waals surface area (Å²) in [4.78, 5) is 16.3. The summed E-state index contributed by atoms with van der Waals surface area (Å²) in [5.74, 6) is -0.365. The van der Waals surface area contributed by atoms with Crippen LogP contribution < -0.4 is 16.3 Å². The highest BCUT2D eigenvalue weighted by molar-refractivity contribution is 7.80. The molecule has 0 atom stereocenters. The number of rotatable bonds is 3. The van der Waals surface area contributed by atoms with Crippen molar-refractivity contribution in [1.82, 2.24) is 15.4 Å². The summed E-state index contributed by atoms with van der Waals surface area (Å²) in [6.07, 6.45) is 1.14. The van der Waals surface area contributed by atoms with Crippen LogP contribution in [0.4, 0.5) is 5.69 Å². The Labute approximate surface area is 129 Å². The van der Waals surface area contributed by atoms with Crippen molar-refractivity contribution < 1.29 is 5.11 Å². The number of aromatic nitrogens is 2. The minimum absolute atomic E-state index is 0.0314. The van der Waals surface area contributed by atoms with Gasteiger partial charge in [-0.2, -0.15) is 5.10 Å². The highest BCUT2D eigenvalue weighted by Crippen LogP contribution is 2.05. The van der Waals surface area contributed by atoms with Crippen LogP contribution in [0.1, 0.15) is 5.56 Å². The number of anilines is 1. The van der Waals surface area contributed by atoms with Crippen molar-refractivity contribution in [3.8, 4) is 5.88 Å². The van der Waals surface area contributed by atoms with Crippen LogP contribution in [-0.4, -0.2) is 26.4 Å². The molecule has 0 saturated carbocycles. The molecule has 0 spiro atoms. The molecule has 5 N–H and O–H groups in total. The molecule has 0 fully saturated rings. The monoisotopic (exact) mass is 321 g/mol. The van der Waals surface area contributed by atoms with E-state index < -0.39 is 5.56 Å². The number of para-hydroxylation sites is 1. The van der Waals surface area contributed by atoms with Crippen LogP contribution in [0.2, 0.25) is 0 Å². The van der Waals surface area contributed by atoms with Crippen LogP contribution in [0.5, 0.6) is 5.88 Å². The van der Waals surface area contributed by atoms with Crippen molar-refractivity contribution in [2.75, 3.05) is 5.32 Å². The largest absolute Gasteiger partial charge is 0.494 e. The number of H-pyrrole nitrogens is 2. The molecule has 9 heteroatoms. The molecule has 0 aliphatic carbocycles. The van der Waals surface area contributed by atoms with E-state index in [4.69, 9.17) is 24.4 Å². The Bertz CT molecular complexity index is 782. The van der Waals surface area contributed by atoms with Gasteiger partial charge in [0.2, 0.25) is 5.88 Å². The second-order valence-corrected chi connectivity index (χ2v) is 4.68. The van der Waals surface area contributed by atoms with Gasteiger partial charge >= 0.3 is 0 Å². The van der Waals surface area contributed by atoms with E-state index in [2.05, 4.69) is 25.8 Å². The maximum Gasteiger partial charge on any atom is 0.264 e. The van der Waals surface area contributed by atoms with Crippen molar-refractivity contribution in [2.24, 2.45) is 5.10 Å². The molecule has 0 bridgehead atoms. The first-order valence-electron chi connectivity index (χ1n) is 5.77. The molecule has 0 saturated heterocycles. The first-order chi connectivity index (χ1) is 10.1. The van der Waals surface area contributed by atoms with E-state index in [1.54, 1.807) is 0 Å². The van der Waals surface area contributed by atoms with Crippen molar-refractivity contribution in [2.45, 2.75) is 0 Å². The number of hydrogen-bond donors (Lipinski definition) is 5. The Hall–Kier alpha value is -2.52. The van der Waals surface area contributed by atoms with Crippen LogP contribution in [0.3, 0.4) is 0 Å². The highest BCUT2D eigenvalue weighted by Gasteiger charge is 2.04. The van der Waals surface area contributed by atoms with E-state index in [-0.39, 0.29) is 21.3 Å². The van der Waals surface area contributed by atoms with Gasteiger partial charge in [-0.15, -0.1) is 0 Å². The van der Waals surface area contributed by atoms with Gasteiger partial charge < -0.3 is 15.4 Å². The van der Waals surface area contributed by atoms with E-state index in [0.717, 1.165) is 11.9 Å². The summed E-state index contributed by atoms with van der Waals surface area (Å²) in [5, 5.41) is 16.5. The maximum absolute atomic E-state index is 11.6. The quantitative estimate of drug-likeness (QED) is 0.333. The molecular formula is C12H11N5O2S2. The number of nitrogens with zero attached hydrogens (tertiary/aromatic N) is 1. The Morgan fingerprint density at radius 1 is 1.29 bits per heavy atom. The zero-order valence-electron chi connectivity index (χ0n) is 10.6. The fourth-order valence-corrected chi connectivity index (χ4v) is 1.80. The van der Waals surface area contributed by atoms with Gasteiger partial charge in [-0.3, -0.25) is 15.2 Å². The summed E-state index contributed by atoms with van der Waals surface area (Å²) in [6.45, 7) is 0. The average Bonchev–Trinajstić information content (AvgIpc) is 2.42. The topological polar surface area (TPSA) is 105 Å². The van der Waals surface area contributed by atoms with Crippen LogP contribution in [0, 0.1) is 4.77 Å². The minimum Gasteiger partial charge on any atom is -0.494 e. The number of benzene rings is 1. The fourth-order valence-electron chi connectivity index (χ4n) is 1.44. The number of thiocarbonyl (C=S) groups is 1. The lowest BCUT2D eigenvalue weighted by Crippen LogP contribution is -2.24. The predicted octanol–water partition coefficient (Wildman–Crippen LogP) is 1.46. The molecule has 0 aliphatic rings. The lowest BCUT2D eigenvalue weighted by molar-refractivity contribution is 0.449.